The Labute approximate surface area is 119 Å². The van der Waals surface area contributed by atoms with Gasteiger partial charge in [0.25, 0.3) is 0 Å². The highest BCUT2D eigenvalue weighted by Gasteiger charge is 2.22. The third-order valence-corrected chi connectivity index (χ3v) is 4.28. The van der Waals surface area contributed by atoms with E-state index in [9.17, 15) is 8.42 Å². The van der Waals surface area contributed by atoms with Crippen LogP contribution in [0.1, 0.15) is 17.8 Å². The van der Waals surface area contributed by atoms with Gasteiger partial charge in [0, 0.05) is 26.8 Å². The Hall–Kier alpha value is -1.00. The Balaban J connectivity index is 2.44. The first-order valence-corrected chi connectivity index (χ1v) is 7.81. The van der Waals surface area contributed by atoms with E-state index in [-0.39, 0.29) is 11.4 Å². The van der Waals surface area contributed by atoms with Gasteiger partial charge in [-0.1, -0.05) is 0 Å². The van der Waals surface area contributed by atoms with Crippen molar-refractivity contribution in [2.24, 2.45) is 5.73 Å². The lowest BCUT2D eigenvalue weighted by atomic mass is 10.4. The van der Waals surface area contributed by atoms with E-state index in [4.69, 9.17) is 15.2 Å². The van der Waals surface area contributed by atoms with Crippen molar-refractivity contribution in [1.29, 1.82) is 0 Å². The van der Waals surface area contributed by atoms with Gasteiger partial charge < -0.3 is 15.2 Å². The van der Waals surface area contributed by atoms with Crippen molar-refractivity contribution >= 4 is 10.0 Å². The SMILES string of the molecule is COCCOCCCNS(=O)(=O)c1c(CN)n[nH]c1C. The van der Waals surface area contributed by atoms with E-state index in [1.807, 2.05) is 0 Å². The Morgan fingerprint density at radius 2 is 2.10 bits per heavy atom. The van der Waals surface area contributed by atoms with Crippen LogP contribution >= 0.6 is 0 Å². The first kappa shape index (κ1) is 17.1. The van der Waals surface area contributed by atoms with E-state index >= 15 is 0 Å². The molecule has 0 saturated carbocycles. The van der Waals surface area contributed by atoms with Gasteiger partial charge in [-0.05, 0) is 13.3 Å². The number of hydrogen-bond donors (Lipinski definition) is 3. The smallest absolute Gasteiger partial charge is 0.244 e. The average Bonchev–Trinajstić information content (AvgIpc) is 2.79. The van der Waals surface area contributed by atoms with E-state index in [2.05, 4.69) is 14.9 Å². The fraction of sp³-hybridized carbons (Fsp3) is 0.727. The zero-order valence-corrected chi connectivity index (χ0v) is 12.6. The van der Waals surface area contributed by atoms with Crippen molar-refractivity contribution in [2.75, 3.05) is 33.5 Å². The van der Waals surface area contributed by atoms with Gasteiger partial charge in [0.05, 0.1) is 24.6 Å². The number of nitrogens with one attached hydrogen (secondary N) is 2. The molecule has 9 heteroatoms. The van der Waals surface area contributed by atoms with Gasteiger partial charge in [-0.25, -0.2) is 13.1 Å². The summed E-state index contributed by atoms with van der Waals surface area (Å²) in [6.07, 6.45) is 0.581. The summed E-state index contributed by atoms with van der Waals surface area (Å²) >= 11 is 0. The van der Waals surface area contributed by atoms with Gasteiger partial charge in [0.1, 0.15) is 4.90 Å². The van der Waals surface area contributed by atoms with Gasteiger partial charge >= 0.3 is 0 Å². The molecule has 0 aliphatic carbocycles. The van der Waals surface area contributed by atoms with Crippen LogP contribution in [0, 0.1) is 6.92 Å². The van der Waals surface area contributed by atoms with Crippen LogP contribution in [-0.4, -0.2) is 52.1 Å². The van der Waals surface area contributed by atoms with Gasteiger partial charge in [-0.3, -0.25) is 5.10 Å². The molecule has 1 aromatic heterocycles. The molecule has 0 radical (unpaired) electrons. The van der Waals surface area contributed by atoms with Crippen molar-refractivity contribution in [3.63, 3.8) is 0 Å². The molecule has 0 aliphatic heterocycles. The van der Waals surface area contributed by atoms with Crippen molar-refractivity contribution < 1.29 is 17.9 Å². The van der Waals surface area contributed by atoms with Crippen LogP contribution in [-0.2, 0) is 26.0 Å². The number of hydrogen-bond acceptors (Lipinski definition) is 6. The van der Waals surface area contributed by atoms with Crippen molar-refractivity contribution in [3.05, 3.63) is 11.4 Å². The van der Waals surface area contributed by atoms with Crippen LogP contribution in [0.3, 0.4) is 0 Å². The molecule has 4 N–H and O–H groups in total. The maximum Gasteiger partial charge on any atom is 0.244 e. The molecule has 0 fully saturated rings. The number of aromatic nitrogens is 2. The van der Waals surface area contributed by atoms with Crippen molar-refractivity contribution in [1.82, 2.24) is 14.9 Å². The number of nitrogens with zero attached hydrogens (tertiary/aromatic N) is 1. The van der Waals surface area contributed by atoms with E-state index < -0.39 is 10.0 Å². The first-order valence-electron chi connectivity index (χ1n) is 6.33. The average molecular weight is 306 g/mol. The number of sulfonamides is 1. The van der Waals surface area contributed by atoms with Crippen LogP contribution in [0.5, 0.6) is 0 Å². The van der Waals surface area contributed by atoms with Crippen LogP contribution in [0.15, 0.2) is 4.90 Å². The minimum atomic E-state index is -3.59. The summed E-state index contributed by atoms with van der Waals surface area (Å²) in [5.41, 5.74) is 6.30. The monoisotopic (exact) mass is 306 g/mol. The first-order chi connectivity index (χ1) is 9.53. The van der Waals surface area contributed by atoms with Gasteiger partial charge in [0.15, 0.2) is 0 Å². The number of nitrogens with two attached hydrogens (primary N) is 1. The summed E-state index contributed by atoms with van der Waals surface area (Å²) < 4.78 is 36.9. The van der Waals surface area contributed by atoms with E-state index in [0.29, 0.717) is 44.2 Å². The molecule has 0 aliphatic rings. The molecule has 0 atom stereocenters. The predicted molar refractivity (Wildman–Crippen MR) is 73.7 cm³/mol. The number of H-pyrrole nitrogens is 1. The molecule has 1 heterocycles. The summed E-state index contributed by atoms with van der Waals surface area (Å²) in [7, 11) is -1.99. The number of rotatable bonds is 10. The summed E-state index contributed by atoms with van der Waals surface area (Å²) in [5.74, 6) is 0. The van der Waals surface area contributed by atoms with Gasteiger partial charge in [-0.15, -0.1) is 0 Å². The fourth-order valence-electron chi connectivity index (χ4n) is 1.66. The molecular formula is C11H22N4O4S. The van der Waals surface area contributed by atoms with E-state index in [0.717, 1.165) is 0 Å². The lowest BCUT2D eigenvalue weighted by Crippen LogP contribution is -2.27. The number of methoxy groups -OCH3 is 1. The second-order valence-corrected chi connectivity index (χ2v) is 5.89. The van der Waals surface area contributed by atoms with Crippen LogP contribution in [0.25, 0.3) is 0 Å². The van der Waals surface area contributed by atoms with Crippen molar-refractivity contribution in [2.45, 2.75) is 24.8 Å². The zero-order valence-electron chi connectivity index (χ0n) is 11.8. The number of ether oxygens (including phenoxy) is 2. The second kappa shape index (κ2) is 8.32. The molecule has 1 aromatic rings. The quantitative estimate of drug-likeness (QED) is 0.502. The molecule has 1 rings (SSSR count). The fourth-order valence-corrected chi connectivity index (χ4v) is 3.11. The highest BCUT2D eigenvalue weighted by atomic mass is 32.2. The lowest BCUT2D eigenvalue weighted by molar-refractivity contribution is 0.0699. The van der Waals surface area contributed by atoms with E-state index in [1.54, 1.807) is 14.0 Å². The molecule has 20 heavy (non-hydrogen) atoms. The van der Waals surface area contributed by atoms with Crippen molar-refractivity contribution in [3.8, 4) is 0 Å². The summed E-state index contributed by atoms with van der Waals surface area (Å²) in [4.78, 5) is 0.139. The molecular weight excluding hydrogens is 284 g/mol. The Morgan fingerprint density at radius 1 is 1.35 bits per heavy atom. The molecule has 0 unspecified atom stereocenters. The van der Waals surface area contributed by atoms with Gasteiger partial charge in [-0.2, -0.15) is 5.10 Å². The highest BCUT2D eigenvalue weighted by Crippen LogP contribution is 2.16. The topological polar surface area (TPSA) is 119 Å². The Bertz CT molecular complexity index is 501. The molecule has 8 nitrogen and oxygen atoms in total. The molecule has 0 bridgehead atoms. The number of aromatic amines is 1. The Morgan fingerprint density at radius 3 is 2.75 bits per heavy atom. The third-order valence-electron chi connectivity index (χ3n) is 2.61. The normalized spacial score (nSPS) is 11.9. The molecule has 0 amide bonds. The molecule has 0 aromatic carbocycles. The summed E-state index contributed by atoms with van der Waals surface area (Å²) in [6, 6.07) is 0. The van der Waals surface area contributed by atoms with Crippen LogP contribution < -0.4 is 10.5 Å². The van der Waals surface area contributed by atoms with Crippen LogP contribution in [0.2, 0.25) is 0 Å². The van der Waals surface area contributed by atoms with E-state index in [1.165, 1.54) is 0 Å². The second-order valence-electron chi connectivity index (χ2n) is 4.19. The highest BCUT2D eigenvalue weighted by molar-refractivity contribution is 7.89. The number of aryl methyl sites for hydroxylation is 1. The maximum absolute atomic E-state index is 12.1. The standard InChI is InChI=1S/C11H22N4O4S/c1-9-11(10(8-12)15-14-9)20(16,17)13-4-3-5-19-7-6-18-2/h13H,3-8,12H2,1-2H3,(H,14,15). The molecule has 0 saturated heterocycles. The summed E-state index contributed by atoms with van der Waals surface area (Å²) in [6.45, 7) is 3.51. The molecule has 116 valence electrons. The lowest BCUT2D eigenvalue weighted by Gasteiger charge is -2.08. The van der Waals surface area contributed by atoms with Gasteiger partial charge in [0.2, 0.25) is 10.0 Å². The Kier molecular flexibility index (Phi) is 7.10. The minimum Gasteiger partial charge on any atom is -0.382 e. The minimum absolute atomic E-state index is 0.0702. The molecule has 0 spiro atoms. The predicted octanol–water partition coefficient (Wildman–Crippen LogP) is -0.492. The maximum atomic E-state index is 12.1. The van der Waals surface area contributed by atoms with Crippen LogP contribution in [0.4, 0.5) is 0 Å². The largest absolute Gasteiger partial charge is 0.382 e. The summed E-state index contributed by atoms with van der Waals surface area (Å²) in [5, 5.41) is 6.50. The third kappa shape index (κ3) is 4.84. The zero-order chi connectivity index (χ0) is 15.0.